The first-order valence-electron chi connectivity index (χ1n) is 8.61. The average molecular weight is 350 g/mol. The number of benzene rings is 2. The molecular weight excluding hydrogens is 334 g/mol. The number of halogens is 2. The summed E-state index contributed by atoms with van der Waals surface area (Å²) < 4.78 is 30.2. The fourth-order valence-electron chi connectivity index (χ4n) is 3.76. The van der Waals surface area contributed by atoms with Gasteiger partial charge in [-0.3, -0.25) is 9.78 Å². The molecule has 130 valence electrons. The molecule has 0 spiro atoms. The molecule has 6 heteroatoms. The highest BCUT2D eigenvalue weighted by Crippen LogP contribution is 2.39. The van der Waals surface area contributed by atoms with Crippen LogP contribution in [0.1, 0.15) is 17.7 Å². The van der Waals surface area contributed by atoms with E-state index >= 15 is 0 Å². The van der Waals surface area contributed by atoms with E-state index in [9.17, 15) is 8.78 Å². The summed E-state index contributed by atoms with van der Waals surface area (Å²) in [5, 5.41) is 12.7. The van der Waals surface area contributed by atoms with E-state index in [0.717, 1.165) is 53.2 Å². The lowest BCUT2D eigenvalue weighted by Gasteiger charge is -2.08. The van der Waals surface area contributed by atoms with Gasteiger partial charge in [0.1, 0.15) is 17.3 Å². The Kier molecular flexibility index (Phi) is 3.22. The predicted octanol–water partition coefficient (Wildman–Crippen LogP) is 4.63. The summed E-state index contributed by atoms with van der Waals surface area (Å²) in [6.07, 6.45) is 3.68. The predicted molar refractivity (Wildman–Crippen MR) is 95.7 cm³/mol. The summed E-state index contributed by atoms with van der Waals surface area (Å²) in [6.45, 7) is 2.45. The highest BCUT2D eigenvalue weighted by Gasteiger charge is 2.26. The first-order valence-corrected chi connectivity index (χ1v) is 8.61. The van der Waals surface area contributed by atoms with Crippen molar-refractivity contribution in [1.82, 2.24) is 20.0 Å². The SMILES string of the molecule is Cc1cc(-c2nn3c(c2-c2ccc4cn[nH]c4c2)CCC3)c(F)cc1F. The summed E-state index contributed by atoms with van der Waals surface area (Å²) in [5.41, 5.74) is 5.21. The molecule has 0 saturated carbocycles. The Morgan fingerprint density at radius 3 is 2.88 bits per heavy atom. The maximum absolute atomic E-state index is 14.6. The van der Waals surface area contributed by atoms with Crippen LogP contribution in [0.2, 0.25) is 0 Å². The second-order valence-corrected chi connectivity index (χ2v) is 6.75. The Bertz CT molecular complexity index is 1160. The Balaban J connectivity index is 1.78. The van der Waals surface area contributed by atoms with Gasteiger partial charge in [-0.2, -0.15) is 10.2 Å². The molecule has 4 aromatic rings. The second-order valence-electron chi connectivity index (χ2n) is 6.75. The molecule has 0 saturated heterocycles. The molecule has 2 aromatic carbocycles. The molecule has 1 N–H and O–H groups in total. The van der Waals surface area contributed by atoms with Crippen molar-refractivity contribution in [2.24, 2.45) is 0 Å². The third-order valence-electron chi connectivity index (χ3n) is 5.08. The lowest BCUT2D eigenvalue weighted by atomic mass is 9.96. The highest BCUT2D eigenvalue weighted by molar-refractivity contribution is 5.89. The molecule has 1 aliphatic heterocycles. The fourth-order valence-corrected chi connectivity index (χ4v) is 3.76. The van der Waals surface area contributed by atoms with Crippen molar-refractivity contribution in [1.29, 1.82) is 0 Å². The number of aromatic nitrogens is 4. The van der Waals surface area contributed by atoms with Crippen molar-refractivity contribution in [2.45, 2.75) is 26.3 Å². The van der Waals surface area contributed by atoms with E-state index in [1.165, 1.54) is 0 Å². The van der Waals surface area contributed by atoms with Gasteiger partial charge in [0.2, 0.25) is 0 Å². The van der Waals surface area contributed by atoms with Crippen molar-refractivity contribution < 1.29 is 8.78 Å². The quantitative estimate of drug-likeness (QED) is 0.573. The largest absolute Gasteiger partial charge is 0.278 e. The summed E-state index contributed by atoms with van der Waals surface area (Å²) in [7, 11) is 0. The minimum Gasteiger partial charge on any atom is -0.278 e. The Morgan fingerprint density at radius 2 is 2.00 bits per heavy atom. The Labute approximate surface area is 148 Å². The number of nitrogens with zero attached hydrogens (tertiary/aromatic N) is 3. The van der Waals surface area contributed by atoms with Crippen molar-refractivity contribution in [3.8, 4) is 22.4 Å². The zero-order chi connectivity index (χ0) is 17.8. The van der Waals surface area contributed by atoms with Crippen LogP contribution >= 0.6 is 0 Å². The molecule has 1 aliphatic rings. The van der Waals surface area contributed by atoms with Gasteiger partial charge < -0.3 is 0 Å². The van der Waals surface area contributed by atoms with E-state index in [1.54, 1.807) is 19.2 Å². The van der Waals surface area contributed by atoms with Crippen LogP contribution in [0.3, 0.4) is 0 Å². The fraction of sp³-hybridized carbons (Fsp3) is 0.200. The van der Waals surface area contributed by atoms with E-state index < -0.39 is 11.6 Å². The summed E-state index contributed by atoms with van der Waals surface area (Å²) in [5.74, 6) is -1.13. The lowest BCUT2D eigenvalue weighted by molar-refractivity contribution is 0.578. The molecule has 26 heavy (non-hydrogen) atoms. The van der Waals surface area contributed by atoms with Gasteiger partial charge in [-0.05, 0) is 43.0 Å². The topological polar surface area (TPSA) is 46.5 Å². The maximum Gasteiger partial charge on any atom is 0.135 e. The standard InChI is InChI=1S/C20H16F2N4/c1-11-7-14(16(22)9-15(11)21)20-19(18-3-2-6-26(18)25-20)12-4-5-13-10-23-24-17(13)8-12/h4-5,7-10H,2-3,6H2,1H3,(H,23,24). The number of hydrogen-bond acceptors (Lipinski definition) is 2. The van der Waals surface area contributed by atoms with E-state index in [-0.39, 0.29) is 0 Å². The third kappa shape index (κ3) is 2.18. The highest BCUT2D eigenvalue weighted by atomic mass is 19.1. The molecule has 0 aliphatic carbocycles. The van der Waals surface area contributed by atoms with Crippen LogP contribution in [0, 0.1) is 18.6 Å². The van der Waals surface area contributed by atoms with Gasteiger partial charge in [0, 0.05) is 34.8 Å². The van der Waals surface area contributed by atoms with E-state index in [4.69, 9.17) is 0 Å². The van der Waals surface area contributed by atoms with Gasteiger partial charge >= 0.3 is 0 Å². The molecule has 0 bridgehead atoms. The van der Waals surface area contributed by atoms with E-state index in [0.29, 0.717) is 16.8 Å². The summed E-state index contributed by atoms with van der Waals surface area (Å²) >= 11 is 0. The van der Waals surface area contributed by atoms with Crippen LogP contribution in [-0.4, -0.2) is 20.0 Å². The number of aryl methyl sites for hydroxylation is 2. The van der Waals surface area contributed by atoms with Crippen LogP contribution in [0.25, 0.3) is 33.3 Å². The second kappa shape index (κ2) is 5.49. The van der Waals surface area contributed by atoms with Crippen molar-refractivity contribution in [2.75, 3.05) is 0 Å². The van der Waals surface area contributed by atoms with Gasteiger partial charge in [-0.1, -0.05) is 12.1 Å². The molecule has 0 radical (unpaired) electrons. The van der Waals surface area contributed by atoms with E-state index in [1.807, 2.05) is 22.9 Å². The van der Waals surface area contributed by atoms with Crippen molar-refractivity contribution >= 4 is 10.9 Å². The summed E-state index contributed by atoms with van der Waals surface area (Å²) in [6, 6.07) is 8.49. The van der Waals surface area contributed by atoms with Gasteiger partial charge in [0.15, 0.2) is 0 Å². The number of nitrogens with one attached hydrogen (secondary N) is 1. The first kappa shape index (κ1) is 15.3. The minimum absolute atomic E-state index is 0.338. The maximum atomic E-state index is 14.6. The number of fused-ring (bicyclic) bond motifs is 2. The smallest absolute Gasteiger partial charge is 0.135 e. The minimum atomic E-state index is -0.589. The van der Waals surface area contributed by atoms with E-state index in [2.05, 4.69) is 15.3 Å². The van der Waals surface area contributed by atoms with Crippen LogP contribution in [0.15, 0.2) is 36.5 Å². The first-order chi connectivity index (χ1) is 12.6. The number of hydrogen-bond donors (Lipinski definition) is 1. The number of rotatable bonds is 2. The van der Waals surface area contributed by atoms with Gasteiger partial charge in [-0.25, -0.2) is 8.78 Å². The summed E-state index contributed by atoms with van der Waals surface area (Å²) in [4.78, 5) is 0. The molecule has 0 atom stereocenters. The molecule has 0 amide bonds. The Morgan fingerprint density at radius 1 is 1.12 bits per heavy atom. The Hall–Kier alpha value is -3.02. The molecule has 0 unspecified atom stereocenters. The molecule has 3 heterocycles. The van der Waals surface area contributed by atoms with Gasteiger partial charge in [-0.15, -0.1) is 0 Å². The number of H-pyrrole nitrogens is 1. The van der Waals surface area contributed by atoms with Crippen LogP contribution in [-0.2, 0) is 13.0 Å². The zero-order valence-corrected chi connectivity index (χ0v) is 14.2. The molecule has 0 fully saturated rings. The van der Waals surface area contributed by atoms with Gasteiger partial charge in [0.25, 0.3) is 0 Å². The lowest BCUT2D eigenvalue weighted by Crippen LogP contribution is -1.96. The number of aromatic amines is 1. The monoisotopic (exact) mass is 350 g/mol. The molecule has 2 aromatic heterocycles. The van der Waals surface area contributed by atoms with Crippen LogP contribution in [0.5, 0.6) is 0 Å². The zero-order valence-electron chi connectivity index (χ0n) is 14.2. The molecular formula is C20H16F2N4. The van der Waals surface area contributed by atoms with Gasteiger partial charge in [0.05, 0.1) is 11.7 Å². The molecule has 5 rings (SSSR count). The van der Waals surface area contributed by atoms with Crippen molar-refractivity contribution in [3.05, 3.63) is 59.4 Å². The average Bonchev–Trinajstić information content (AvgIpc) is 3.32. The normalized spacial score (nSPS) is 13.5. The van der Waals surface area contributed by atoms with Crippen LogP contribution < -0.4 is 0 Å². The third-order valence-corrected chi connectivity index (χ3v) is 5.08. The molecule has 4 nitrogen and oxygen atoms in total. The van der Waals surface area contributed by atoms with Crippen LogP contribution in [0.4, 0.5) is 8.78 Å². The van der Waals surface area contributed by atoms with Crippen molar-refractivity contribution in [3.63, 3.8) is 0 Å².